The molecule has 2 fully saturated rings. The number of para-hydroxylation sites is 1. The largest absolute Gasteiger partial charge is 0.351 e. The standard InChI is InChI=1S/C30H33N6O7P/c1-18(37)35-13-12-22-9-11-26(30(40)34(2)21-6-4-3-5-7-21)36(22)29(39)25(17-35)33-28(38)24-15-20-14-19(8-10-23(20)32-24)27(16-31)44(41,42)43/h3-8,10,14-15,22,25-27,32H,9,11-13,17H2,1-2H3,(H,33,38)(H2,41,42,43)/t22-,25+,26+,27?/m1/s1. The maximum absolute atomic E-state index is 14.1. The number of benzene rings is 2. The van der Waals surface area contributed by atoms with Crippen molar-refractivity contribution in [1.82, 2.24) is 20.1 Å². The minimum absolute atomic E-state index is 0.0699. The third-order valence-corrected chi connectivity index (χ3v) is 9.45. The highest BCUT2D eigenvalue weighted by atomic mass is 31.2. The summed E-state index contributed by atoms with van der Waals surface area (Å²) in [7, 11) is -3.08. The molecule has 4 N–H and O–H groups in total. The second kappa shape index (κ2) is 12.2. The van der Waals surface area contributed by atoms with Crippen molar-refractivity contribution < 1.29 is 33.5 Å². The van der Waals surface area contributed by atoms with Crippen LogP contribution < -0.4 is 10.2 Å². The van der Waals surface area contributed by atoms with Crippen molar-refractivity contribution in [3.05, 3.63) is 65.9 Å². The highest BCUT2D eigenvalue weighted by Gasteiger charge is 2.46. The third kappa shape index (κ3) is 6.10. The van der Waals surface area contributed by atoms with Gasteiger partial charge in [-0.1, -0.05) is 24.3 Å². The van der Waals surface area contributed by atoms with Gasteiger partial charge in [0, 0.05) is 49.7 Å². The normalized spacial score (nSPS) is 21.2. The fourth-order valence-corrected chi connectivity index (χ4v) is 6.74. The molecule has 2 aliphatic heterocycles. The number of fused-ring (bicyclic) bond motifs is 2. The molecule has 13 nitrogen and oxygen atoms in total. The number of hydrogen-bond acceptors (Lipinski definition) is 6. The molecule has 5 rings (SSSR count). The zero-order valence-electron chi connectivity index (χ0n) is 24.2. The van der Waals surface area contributed by atoms with E-state index < -0.39 is 37.2 Å². The molecule has 14 heteroatoms. The van der Waals surface area contributed by atoms with E-state index in [-0.39, 0.29) is 35.7 Å². The van der Waals surface area contributed by atoms with E-state index in [2.05, 4.69) is 10.3 Å². The van der Waals surface area contributed by atoms with Gasteiger partial charge in [-0.3, -0.25) is 23.7 Å². The monoisotopic (exact) mass is 620 g/mol. The molecule has 3 heterocycles. The number of anilines is 1. The first-order chi connectivity index (χ1) is 20.9. The van der Waals surface area contributed by atoms with E-state index in [1.807, 2.05) is 30.3 Å². The minimum atomic E-state index is -4.74. The summed E-state index contributed by atoms with van der Waals surface area (Å²) < 4.78 is 11.8. The fraction of sp³-hybridized carbons (Fsp3) is 0.367. The number of hydrogen-bond donors (Lipinski definition) is 4. The van der Waals surface area contributed by atoms with E-state index in [4.69, 9.17) is 0 Å². The van der Waals surface area contributed by atoms with Crippen LogP contribution >= 0.6 is 7.60 Å². The average molecular weight is 621 g/mol. The first-order valence-electron chi connectivity index (χ1n) is 14.2. The van der Waals surface area contributed by atoms with E-state index in [0.717, 1.165) is 0 Å². The highest BCUT2D eigenvalue weighted by molar-refractivity contribution is 7.52. The molecular formula is C30H33N6O7P. The van der Waals surface area contributed by atoms with E-state index in [0.29, 0.717) is 42.4 Å². The van der Waals surface area contributed by atoms with Crippen LogP contribution in [0.1, 0.15) is 47.9 Å². The number of likely N-dealkylation sites (N-methyl/N-ethyl adjacent to an activating group) is 1. The maximum Gasteiger partial charge on any atom is 0.347 e. The van der Waals surface area contributed by atoms with Crippen molar-refractivity contribution in [1.29, 1.82) is 5.26 Å². The number of carbonyl (C=O) groups excluding carboxylic acids is 4. The van der Waals surface area contributed by atoms with E-state index in [9.17, 15) is 38.8 Å². The topological polar surface area (TPSA) is 187 Å². The van der Waals surface area contributed by atoms with Gasteiger partial charge in [-0.05, 0) is 55.2 Å². The van der Waals surface area contributed by atoms with Crippen LogP contribution in [0.25, 0.3) is 10.9 Å². The average Bonchev–Trinajstić information content (AvgIpc) is 3.61. The van der Waals surface area contributed by atoms with E-state index >= 15 is 0 Å². The molecule has 0 radical (unpaired) electrons. The number of aromatic amines is 1. The Kier molecular flexibility index (Phi) is 8.61. The number of amides is 4. The van der Waals surface area contributed by atoms with Gasteiger partial charge in [-0.25, -0.2) is 0 Å². The first-order valence-corrected chi connectivity index (χ1v) is 15.9. The summed E-state index contributed by atoms with van der Waals surface area (Å²) in [6.07, 6.45) is 1.54. The third-order valence-electron chi connectivity index (χ3n) is 8.36. The van der Waals surface area contributed by atoms with Crippen molar-refractivity contribution in [2.45, 2.75) is 50.0 Å². The predicted octanol–water partition coefficient (Wildman–Crippen LogP) is 2.28. The van der Waals surface area contributed by atoms with Gasteiger partial charge >= 0.3 is 7.60 Å². The number of rotatable bonds is 6. The molecule has 2 saturated heterocycles. The summed E-state index contributed by atoms with van der Waals surface area (Å²) in [4.78, 5) is 80.3. The molecule has 1 aromatic heterocycles. The molecule has 0 saturated carbocycles. The van der Waals surface area contributed by atoms with Crippen LogP contribution in [0.3, 0.4) is 0 Å². The zero-order chi connectivity index (χ0) is 31.8. The summed E-state index contributed by atoms with van der Waals surface area (Å²) in [5.74, 6) is -1.57. The van der Waals surface area contributed by atoms with Crippen LogP contribution in [0.4, 0.5) is 5.69 Å². The Bertz CT molecular complexity index is 1700. The molecule has 230 valence electrons. The molecule has 44 heavy (non-hydrogen) atoms. The minimum Gasteiger partial charge on any atom is -0.351 e. The number of aromatic nitrogens is 1. The highest BCUT2D eigenvalue weighted by Crippen LogP contribution is 2.51. The van der Waals surface area contributed by atoms with Crippen LogP contribution in [0.2, 0.25) is 0 Å². The van der Waals surface area contributed by atoms with Crippen LogP contribution in [0.5, 0.6) is 0 Å². The van der Waals surface area contributed by atoms with Crippen molar-refractivity contribution in [3.8, 4) is 6.07 Å². The lowest BCUT2D eigenvalue weighted by Gasteiger charge is -2.39. The van der Waals surface area contributed by atoms with Gasteiger partial charge in [0.15, 0.2) is 5.66 Å². The predicted molar refractivity (Wildman–Crippen MR) is 160 cm³/mol. The molecule has 0 aliphatic carbocycles. The molecule has 0 bridgehead atoms. The SMILES string of the molecule is CC(=O)N1CC[C@H]2CC[C@@H](C(=O)N(C)c3ccccc3)N2C(=O)[C@@H](NC(=O)c2cc3cc(C(C#N)P(=O)(O)O)ccc3[nH]2)C1. The number of carbonyl (C=O) groups is 4. The first kappa shape index (κ1) is 30.9. The van der Waals surface area contributed by atoms with Gasteiger partial charge in [0.2, 0.25) is 17.7 Å². The number of nitrogens with one attached hydrogen (secondary N) is 2. The second-order valence-corrected chi connectivity index (χ2v) is 12.9. The quantitative estimate of drug-likeness (QED) is 0.302. The Labute approximate surface area is 253 Å². The molecule has 2 aliphatic rings. The van der Waals surface area contributed by atoms with Crippen LogP contribution in [0, 0.1) is 11.3 Å². The molecule has 3 aromatic rings. The van der Waals surface area contributed by atoms with E-state index in [1.54, 1.807) is 18.0 Å². The molecule has 0 spiro atoms. The summed E-state index contributed by atoms with van der Waals surface area (Å²) in [6.45, 7) is 1.69. The van der Waals surface area contributed by atoms with Gasteiger partial charge in [-0.2, -0.15) is 5.26 Å². The number of H-pyrrole nitrogens is 1. The van der Waals surface area contributed by atoms with Gasteiger partial charge < -0.3 is 34.8 Å². The summed E-state index contributed by atoms with van der Waals surface area (Å²) in [5, 5.41) is 12.5. The fourth-order valence-electron chi connectivity index (χ4n) is 6.04. The number of nitriles is 1. The Hall–Kier alpha value is -4.50. The Morgan fingerprint density at radius 3 is 2.50 bits per heavy atom. The van der Waals surface area contributed by atoms with Crippen molar-refractivity contribution in [2.75, 3.05) is 25.0 Å². The van der Waals surface area contributed by atoms with Gasteiger partial charge in [0.05, 0.1) is 6.07 Å². The van der Waals surface area contributed by atoms with Gasteiger partial charge in [-0.15, -0.1) is 0 Å². The second-order valence-electron chi connectivity index (χ2n) is 11.2. The van der Waals surface area contributed by atoms with Crippen molar-refractivity contribution >= 4 is 47.8 Å². The molecule has 4 amide bonds. The molecular weight excluding hydrogens is 587 g/mol. The van der Waals surface area contributed by atoms with Crippen molar-refractivity contribution in [2.24, 2.45) is 0 Å². The smallest absolute Gasteiger partial charge is 0.347 e. The molecule has 2 aromatic carbocycles. The Morgan fingerprint density at radius 2 is 1.84 bits per heavy atom. The maximum atomic E-state index is 14.1. The van der Waals surface area contributed by atoms with Gasteiger partial charge in [0.1, 0.15) is 17.8 Å². The van der Waals surface area contributed by atoms with Crippen LogP contribution in [-0.4, -0.2) is 86.5 Å². The lowest BCUT2D eigenvalue weighted by Crippen LogP contribution is -2.61. The van der Waals surface area contributed by atoms with Crippen LogP contribution in [-0.2, 0) is 18.9 Å². The number of nitrogens with zero attached hydrogens (tertiary/aromatic N) is 4. The Balaban J connectivity index is 1.41. The van der Waals surface area contributed by atoms with Crippen molar-refractivity contribution in [3.63, 3.8) is 0 Å². The lowest BCUT2D eigenvalue weighted by atomic mass is 10.1. The summed E-state index contributed by atoms with van der Waals surface area (Å²) in [6, 6.07) is 14.4. The summed E-state index contributed by atoms with van der Waals surface area (Å²) >= 11 is 0. The van der Waals surface area contributed by atoms with E-state index in [1.165, 1.54) is 41.0 Å². The lowest BCUT2D eigenvalue weighted by molar-refractivity contribution is -0.144. The van der Waals surface area contributed by atoms with Gasteiger partial charge in [0.25, 0.3) is 5.91 Å². The van der Waals surface area contributed by atoms with Crippen LogP contribution in [0.15, 0.2) is 54.6 Å². The molecule has 4 atom stereocenters. The molecule has 1 unspecified atom stereocenters. The Morgan fingerprint density at radius 1 is 1.11 bits per heavy atom. The summed E-state index contributed by atoms with van der Waals surface area (Å²) in [5.41, 5.74) is -0.320. The zero-order valence-corrected chi connectivity index (χ0v) is 25.1.